The highest BCUT2D eigenvalue weighted by molar-refractivity contribution is 7.91. The number of amides is 3. The van der Waals surface area contributed by atoms with Crippen molar-refractivity contribution in [3.63, 3.8) is 0 Å². The van der Waals surface area contributed by atoms with Gasteiger partial charge in [-0.15, -0.1) is 0 Å². The molecule has 0 radical (unpaired) electrons. The van der Waals surface area contributed by atoms with E-state index in [2.05, 4.69) is 10.0 Å². The van der Waals surface area contributed by atoms with E-state index in [1.807, 2.05) is 19.1 Å². The van der Waals surface area contributed by atoms with E-state index >= 15 is 0 Å². The molecule has 0 saturated heterocycles. The van der Waals surface area contributed by atoms with Crippen LogP contribution in [0.1, 0.15) is 64.7 Å². The third kappa shape index (κ3) is 5.87. The van der Waals surface area contributed by atoms with Crippen molar-refractivity contribution in [1.82, 2.24) is 14.9 Å². The quantitative estimate of drug-likeness (QED) is 0.265. The van der Waals surface area contributed by atoms with Crippen LogP contribution >= 0.6 is 0 Å². The molecule has 0 aromatic heterocycles. The van der Waals surface area contributed by atoms with Gasteiger partial charge in [0.2, 0.25) is 22.3 Å². The van der Waals surface area contributed by atoms with Gasteiger partial charge < -0.3 is 10.2 Å². The zero-order valence-electron chi connectivity index (χ0n) is 18.5. The lowest BCUT2D eigenvalue weighted by Gasteiger charge is -2.22. The second kappa shape index (κ2) is 9.71. The zero-order valence-corrected chi connectivity index (χ0v) is 19.3. The van der Waals surface area contributed by atoms with Crippen molar-refractivity contribution in [3.8, 4) is 0 Å². The van der Waals surface area contributed by atoms with E-state index in [1.54, 1.807) is 11.9 Å². The highest BCUT2D eigenvalue weighted by atomic mass is 32.2. The Morgan fingerprint density at radius 1 is 1.16 bits per heavy atom. The van der Waals surface area contributed by atoms with Crippen LogP contribution in [0.5, 0.6) is 0 Å². The SMILES string of the molecule is C[C@@H]1CCCC1C(=O)NC1(C(=O)NS(=O)(=O)C2CC2)CC1/C=C\CCCCN(C)C=O. The number of allylic oxidation sites excluding steroid dienone is 1. The van der Waals surface area contributed by atoms with Crippen LogP contribution in [0, 0.1) is 17.8 Å². The Morgan fingerprint density at radius 3 is 2.52 bits per heavy atom. The van der Waals surface area contributed by atoms with Gasteiger partial charge in [0.05, 0.1) is 5.25 Å². The fraction of sp³-hybridized carbons (Fsp3) is 0.773. The molecule has 3 fully saturated rings. The average molecular weight is 454 g/mol. The van der Waals surface area contributed by atoms with Crippen molar-refractivity contribution >= 4 is 28.2 Å². The maximum Gasteiger partial charge on any atom is 0.259 e. The van der Waals surface area contributed by atoms with Gasteiger partial charge in [0.1, 0.15) is 5.54 Å². The Morgan fingerprint density at radius 2 is 1.90 bits per heavy atom. The minimum Gasteiger partial charge on any atom is -0.348 e. The summed E-state index contributed by atoms with van der Waals surface area (Å²) in [4.78, 5) is 38.1. The van der Waals surface area contributed by atoms with Crippen LogP contribution in [0.25, 0.3) is 0 Å². The summed E-state index contributed by atoms with van der Waals surface area (Å²) in [5.41, 5.74) is -1.17. The van der Waals surface area contributed by atoms with E-state index in [9.17, 15) is 22.8 Å². The molecule has 8 nitrogen and oxygen atoms in total. The standard InChI is InChI=1S/C22H35N3O5S/c1-16-8-7-10-19(16)20(27)23-22(21(28)24-31(29,30)18-11-12-18)14-17(22)9-5-3-4-6-13-25(2)15-26/h5,9,15-19H,3-4,6-8,10-14H2,1-2H3,(H,23,27)(H,24,28)/b9-5-/t16-,17?,19?,22?/m1/s1. The summed E-state index contributed by atoms with van der Waals surface area (Å²) in [7, 11) is -1.93. The highest BCUT2D eigenvalue weighted by Crippen LogP contribution is 2.46. The average Bonchev–Trinajstić information content (AvgIpc) is 3.63. The Hall–Kier alpha value is -1.90. The number of carbonyl (C=O) groups is 3. The first-order valence-electron chi connectivity index (χ1n) is 11.4. The number of carbonyl (C=O) groups excluding carboxylic acids is 3. The maximum atomic E-state index is 13.0. The van der Waals surface area contributed by atoms with Crippen LogP contribution in [-0.4, -0.2) is 55.9 Å². The van der Waals surface area contributed by atoms with Crippen molar-refractivity contribution in [2.75, 3.05) is 13.6 Å². The first-order valence-corrected chi connectivity index (χ1v) is 12.9. The van der Waals surface area contributed by atoms with E-state index in [1.165, 1.54) is 0 Å². The molecule has 0 aliphatic heterocycles. The van der Waals surface area contributed by atoms with Crippen molar-refractivity contribution in [3.05, 3.63) is 12.2 Å². The predicted molar refractivity (Wildman–Crippen MR) is 117 cm³/mol. The molecule has 3 rings (SSSR count). The van der Waals surface area contributed by atoms with Crippen molar-refractivity contribution in [1.29, 1.82) is 0 Å². The number of rotatable bonds is 12. The minimum absolute atomic E-state index is 0.121. The molecule has 3 aliphatic rings. The fourth-order valence-corrected chi connectivity index (χ4v) is 5.81. The molecule has 2 N–H and O–H groups in total. The molecule has 3 saturated carbocycles. The van der Waals surface area contributed by atoms with E-state index in [-0.39, 0.29) is 23.7 Å². The molecular formula is C22H35N3O5S. The van der Waals surface area contributed by atoms with Crippen molar-refractivity contribution in [2.45, 2.75) is 75.5 Å². The van der Waals surface area contributed by atoms with Gasteiger partial charge in [-0.25, -0.2) is 8.42 Å². The monoisotopic (exact) mass is 453 g/mol. The number of unbranched alkanes of at least 4 members (excludes halogenated alkanes) is 2. The predicted octanol–water partition coefficient (Wildman–Crippen LogP) is 1.72. The summed E-state index contributed by atoms with van der Waals surface area (Å²) < 4.78 is 26.8. The van der Waals surface area contributed by atoms with Gasteiger partial charge in [-0.05, 0) is 57.3 Å². The molecule has 31 heavy (non-hydrogen) atoms. The third-order valence-electron chi connectivity index (χ3n) is 6.84. The Bertz CT molecular complexity index is 823. The third-order valence-corrected chi connectivity index (χ3v) is 8.66. The molecule has 0 aromatic carbocycles. The van der Waals surface area contributed by atoms with Crippen LogP contribution in [0.4, 0.5) is 0 Å². The van der Waals surface area contributed by atoms with Gasteiger partial charge in [-0.2, -0.15) is 0 Å². The number of sulfonamides is 1. The van der Waals surface area contributed by atoms with Gasteiger partial charge in [0.25, 0.3) is 5.91 Å². The van der Waals surface area contributed by atoms with Crippen LogP contribution in [0.15, 0.2) is 12.2 Å². The first kappa shape index (κ1) is 23.8. The van der Waals surface area contributed by atoms with Gasteiger partial charge in [-0.3, -0.25) is 19.1 Å². The summed E-state index contributed by atoms with van der Waals surface area (Å²) in [5.74, 6) is -0.810. The molecule has 0 heterocycles. The van der Waals surface area contributed by atoms with E-state index in [4.69, 9.17) is 0 Å². The fourth-order valence-electron chi connectivity index (χ4n) is 4.45. The van der Waals surface area contributed by atoms with Gasteiger partial charge in [0.15, 0.2) is 0 Å². The number of nitrogens with zero attached hydrogens (tertiary/aromatic N) is 1. The van der Waals surface area contributed by atoms with Gasteiger partial charge in [-0.1, -0.05) is 25.5 Å². The molecule has 3 unspecified atom stereocenters. The van der Waals surface area contributed by atoms with Crippen LogP contribution in [0.3, 0.4) is 0 Å². The molecule has 3 amide bonds. The molecule has 3 aliphatic carbocycles. The van der Waals surface area contributed by atoms with Crippen LogP contribution in [0.2, 0.25) is 0 Å². The lowest BCUT2D eigenvalue weighted by Crippen LogP contribution is -2.53. The summed E-state index contributed by atoms with van der Waals surface area (Å²) in [6.45, 7) is 2.75. The number of hydrogen-bond acceptors (Lipinski definition) is 5. The Labute approximate surface area is 185 Å². The number of hydrogen-bond donors (Lipinski definition) is 2. The Kier molecular flexibility index (Phi) is 7.44. The van der Waals surface area contributed by atoms with Gasteiger partial charge in [0, 0.05) is 25.4 Å². The second-order valence-electron chi connectivity index (χ2n) is 9.47. The van der Waals surface area contributed by atoms with E-state index < -0.39 is 26.7 Å². The molecular weight excluding hydrogens is 418 g/mol. The zero-order chi connectivity index (χ0) is 22.6. The smallest absolute Gasteiger partial charge is 0.259 e. The van der Waals surface area contributed by atoms with E-state index in [0.29, 0.717) is 25.8 Å². The molecule has 174 valence electrons. The summed E-state index contributed by atoms with van der Waals surface area (Å²) in [6.07, 6.45) is 11.7. The topological polar surface area (TPSA) is 113 Å². The summed E-state index contributed by atoms with van der Waals surface area (Å²) >= 11 is 0. The normalized spacial score (nSPS) is 30.2. The number of nitrogens with one attached hydrogen (secondary N) is 2. The van der Waals surface area contributed by atoms with Crippen molar-refractivity contribution in [2.24, 2.45) is 17.8 Å². The lowest BCUT2D eigenvalue weighted by molar-refractivity contribution is -0.132. The minimum atomic E-state index is -3.67. The van der Waals surface area contributed by atoms with Crippen LogP contribution in [-0.2, 0) is 24.4 Å². The molecule has 0 bridgehead atoms. The lowest BCUT2D eigenvalue weighted by atomic mass is 9.96. The molecule has 4 atom stereocenters. The van der Waals surface area contributed by atoms with E-state index in [0.717, 1.165) is 44.9 Å². The molecule has 0 aromatic rings. The van der Waals surface area contributed by atoms with Crippen LogP contribution < -0.4 is 10.0 Å². The summed E-state index contributed by atoms with van der Waals surface area (Å²) in [6, 6.07) is 0. The Balaban J connectivity index is 1.60. The van der Waals surface area contributed by atoms with Gasteiger partial charge >= 0.3 is 0 Å². The highest BCUT2D eigenvalue weighted by Gasteiger charge is 2.61. The summed E-state index contributed by atoms with van der Waals surface area (Å²) in [5, 5.41) is 2.44. The molecule has 9 heteroatoms. The largest absolute Gasteiger partial charge is 0.348 e. The molecule has 0 spiro atoms. The van der Waals surface area contributed by atoms with Crippen molar-refractivity contribution < 1.29 is 22.8 Å². The maximum absolute atomic E-state index is 13.0. The second-order valence-corrected chi connectivity index (χ2v) is 11.4. The first-order chi connectivity index (χ1) is 14.7.